The number of hydrogen-bond donors (Lipinski definition) is 0. The third-order valence-electron chi connectivity index (χ3n) is 3.90. The fourth-order valence-electron chi connectivity index (χ4n) is 2.78. The first kappa shape index (κ1) is 13.8. The molecule has 0 bridgehead atoms. The zero-order chi connectivity index (χ0) is 14.6. The first-order valence-corrected chi connectivity index (χ1v) is 6.19. The maximum atomic E-state index is 9.76. The van der Waals surface area contributed by atoms with Gasteiger partial charge in [0.15, 0.2) is 5.41 Å². The molecule has 0 amide bonds. The molecular weight excluding hydrogens is 250 g/mol. The number of hydrogen-bond acceptors (Lipinski definition) is 4. The Labute approximate surface area is 118 Å². The Morgan fingerprint density at radius 3 is 2.25 bits per heavy atom. The Hall–Kier alpha value is -2.61. The molecular formula is C16H13N3O. The molecule has 0 saturated heterocycles. The number of rotatable bonds is 2. The van der Waals surface area contributed by atoms with Crippen LogP contribution in [0.15, 0.2) is 42.5 Å². The van der Waals surface area contributed by atoms with Gasteiger partial charge in [-0.3, -0.25) is 0 Å². The van der Waals surface area contributed by atoms with Crippen LogP contribution in [-0.4, -0.2) is 13.2 Å². The lowest BCUT2D eigenvalue weighted by Gasteiger charge is -2.42. The molecule has 20 heavy (non-hydrogen) atoms. The smallest absolute Gasteiger partial charge is 0.195 e. The van der Waals surface area contributed by atoms with E-state index < -0.39 is 16.9 Å². The van der Waals surface area contributed by atoms with Crippen LogP contribution in [0.2, 0.25) is 0 Å². The maximum absolute atomic E-state index is 9.76. The summed E-state index contributed by atoms with van der Waals surface area (Å²) in [7, 11) is 1.44. The van der Waals surface area contributed by atoms with Crippen molar-refractivity contribution in [2.45, 2.75) is 17.9 Å². The molecule has 0 heterocycles. The second-order valence-corrected chi connectivity index (χ2v) is 4.70. The Bertz CT molecular complexity index is 631. The molecule has 2 rings (SSSR count). The van der Waals surface area contributed by atoms with Crippen molar-refractivity contribution in [2.75, 3.05) is 7.11 Å². The molecule has 0 fully saturated rings. The highest BCUT2D eigenvalue weighted by Gasteiger charge is 2.60. The normalized spacial score (nSPS) is 27.0. The van der Waals surface area contributed by atoms with E-state index >= 15 is 0 Å². The Balaban J connectivity index is 2.76. The fourth-order valence-corrected chi connectivity index (χ4v) is 2.78. The van der Waals surface area contributed by atoms with E-state index in [2.05, 4.69) is 6.07 Å². The van der Waals surface area contributed by atoms with Crippen molar-refractivity contribution in [1.82, 2.24) is 0 Å². The minimum Gasteiger partial charge on any atom is -0.375 e. The van der Waals surface area contributed by atoms with Crippen molar-refractivity contribution in [1.29, 1.82) is 15.8 Å². The molecule has 2 atom stereocenters. The molecule has 1 aromatic rings. The van der Waals surface area contributed by atoms with E-state index in [0.717, 1.165) is 0 Å². The Kier molecular flexibility index (Phi) is 3.57. The SMILES string of the molecule is CO[C@@H]1C=CC[C@@](C#N)(c2ccccc2)C1(C#N)C#N. The summed E-state index contributed by atoms with van der Waals surface area (Å²) in [5.41, 5.74) is -2.13. The monoisotopic (exact) mass is 263 g/mol. The highest BCUT2D eigenvalue weighted by Crippen LogP contribution is 2.50. The van der Waals surface area contributed by atoms with Crippen molar-refractivity contribution in [3.63, 3.8) is 0 Å². The summed E-state index contributed by atoms with van der Waals surface area (Å²) >= 11 is 0. The summed E-state index contributed by atoms with van der Waals surface area (Å²) in [6.07, 6.45) is 3.07. The standard InChI is InChI=1S/C16H13N3O/c1-20-14-8-5-9-15(10-17,16(14,11-18)12-19)13-6-3-2-4-7-13/h2-8,14H,9H2,1H3/t14-,15-/m1/s1. The van der Waals surface area contributed by atoms with E-state index in [0.29, 0.717) is 12.0 Å². The molecule has 4 nitrogen and oxygen atoms in total. The van der Waals surface area contributed by atoms with Crippen molar-refractivity contribution < 1.29 is 4.74 Å². The number of benzene rings is 1. The summed E-state index contributed by atoms with van der Waals surface area (Å²) < 4.78 is 5.28. The van der Waals surface area contributed by atoms with E-state index in [1.807, 2.05) is 18.2 Å². The number of nitriles is 3. The second-order valence-electron chi connectivity index (χ2n) is 4.70. The molecule has 0 spiro atoms. The van der Waals surface area contributed by atoms with Crippen molar-refractivity contribution in [2.24, 2.45) is 5.41 Å². The van der Waals surface area contributed by atoms with Crippen LogP contribution in [0.5, 0.6) is 0 Å². The molecule has 0 unspecified atom stereocenters. The van der Waals surface area contributed by atoms with Gasteiger partial charge in [-0.1, -0.05) is 42.5 Å². The van der Waals surface area contributed by atoms with E-state index in [1.165, 1.54) is 7.11 Å². The van der Waals surface area contributed by atoms with E-state index in [-0.39, 0.29) is 0 Å². The van der Waals surface area contributed by atoms with E-state index in [9.17, 15) is 15.8 Å². The van der Waals surface area contributed by atoms with Crippen molar-refractivity contribution >= 4 is 0 Å². The zero-order valence-electron chi connectivity index (χ0n) is 11.1. The van der Waals surface area contributed by atoms with Crippen molar-refractivity contribution in [3.05, 3.63) is 48.0 Å². The molecule has 1 aromatic carbocycles. The quantitative estimate of drug-likeness (QED) is 0.767. The van der Waals surface area contributed by atoms with Gasteiger partial charge in [0.05, 0.1) is 18.2 Å². The summed E-state index contributed by atoms with van der Waals surface area (Å²) in [4.78, 5) is 0. The second kappa shape index (κ2) is 5.17. The van der Waals surface area contributed by atoms with Crippen LogP contribution in [0, 0.1) is 39.4 Å². The van der Waals surface area contributed by atoms with Crippen LogP contribution < -0.4 is 0 Å². The molecule has 4 heteroatoms. The molecule has 98 valence electrons. The minimum absolute atomic E-state index is 0.314. The van der Waals surface area contributed by atoms with Gasteiger partial charge in [0, 0.05) is 7.11 Å². The fraction of sp³-hybridized carbons (Fsp3) is 0.312. The van der Waals surface area contributed by atoms with Gasteiger partial charge in [-0.05, 0) is 12.0 Å². The predicted molar refractivity (Wildman–Crippen MR) is 71.9 cm³/mol. The third kappa shape index (κ3) is 1.62. The first-order valence-electron chi connectivity index (χ1n) is 6.19. The molecule has 0 aromatic heterocycles. The number of ether oxygens (including phenoxy) is 1. The molecule has 0 radical (unpaired) electrons. The van der Waals surface area contributed by atoms with Crippen LogP contribution in [0.4, 0.5) is 0 Å². The minimum atomic E-state index is -1.56. The van der Waals surface area contributed by atoms with Gasteiger partial charge in [0.2, 0.25) is 0 Å². The topological polar surface area (TPSA) is 80.6 Å². The maximum Gasteiger partial charge on any atom is 0.195 e. The average Bonchev–Trinajstić information content (AvgIpc) is 2.54. The number of nitrogens with zero attached hydrogens (tertiary/aromatic N) is 3. The summed E-state index contributed by atoms with van der Waals surface area (Å²) in [5.74, 6) is 0. The highest BCUT2D eigenvalue weighted by molar-refractivity contribution is 5.48. The highest BCUT2D eigenvalue weighted by atomic mass is 16.5. The van der Waals surface area contributed by atoms with E-state index in [1.54, 1.807) is 36.4 Å². The first-order chi connectivity index (χ1) is 9.70. The van der Waals surface area contributed by atoms with Gasteiger partial charge in [-0.2, -0.15) is 15.8 Å². The van der Waals surface area contributed by atoms with Gasteiger partial charge in [0.25, 0.3) is 0 Å². The summed E-state index contributed by atoms with van der Waals surface area (Å²) in [5, 5.41) is 29.0. The summed E-state index contributed by atoms with van der Waals surface area (Å²) in [6.45, 7) is 0. The molecule has 1 aliphatic rings. The van der Waals surface area contributed by atoms with Crippen LogP contribution in [-0.2, 0) is 10.2 Å². The van der Waals surface area contributed by atoms with Crippen LogP contribution in [0.3, 0.4) is 0 Å². The molecule has 0 N–H and O–H groups in total. The van der Waals surface area contributed by atoms with Crippen LogP contribution >= 0.6 is 0 Å². The van der Waals surface area contributed by atoms with Crippen LogP contribution in [0.25, 0.3) is 0 Å². The lowest BCUT2D eigenvalue weighted by atomic mass is 9.55. The van der Waals surface area contributed by atoms with Crippen molar-refractivity contribution in [3.8, 4) is 18.2 Å². The predicted octanol–water partition coefficient (Wildman–Crippen LogP) is 2.46. The average molecular weight is 263 g/mol. The van der Waals surface area contributed by atoms with E-state index in [4.69, 9.17) is 4.74 Å². The Morgan fingerprint density at radius 2 is 1.75 bits per heavy atom. The molecule has 0 aliphatic heterocycles. The largest absolute Gasteiger partial charge is 0.375 e. The molecule has 0 saturated carbocycles. The molecule has 1 aliphatic carbocycles. The van der Waals surface area contributed by atoms with Crippen LogP contribution in [0.1, 0.15) is 12.0 Å². The van der Waals surface area contributed by atoms with Gasteiger partial charge in [-0.25, -0.2) is 0 Å². The van der Waals surface area contributed by atoms with Gasteiger partial charge in [-0.15, -0.1) is 0 Å². The Morgan fingerprint density at radius 1 is 1.10 bits per heavy atom. The summed E-state index contributed by atoms with van der Waals surface area (Å²) in [6, 6.07) is 15.3. The third-order valence-corrected chi connectivity index (χ3v) is 3.90. The van der Waals surface area contributed by atoms with Gasteiger partial charge in [0.1, 0.15) is 11.5 Å². The van der Waals surface area contributed by atoms with Gasteiger partial charge >= 0.3 is 0 Å². The number of methoxy groups -OCH3 is 1. The number of allylic oxidation sites excluding steroid dienone is 1. The van der Waals surface area contributed by atoms with Gasteiger partial charge < -0.3 is 4.74 Å². The lowest BCUT2D eigenvalue weighted by molar-refractivity contribution is 0.0446. The lowest BCUT2D eigenvalue weighted by Crippen LogP contribution is -2.52. The zero-order valence-corrected chi connectivity index (χ0v) is 11.1.